The van der Waals surface area contributed by atoms with Crippen LogP contribution in [0, 0.1) is 10.1 Å². The van der Waals surface area contributed by atoms with Gasteiger partial charge in [0.25, 0.3) is 11.2 Å². The van der Waals surface area contributed by atoms with E-state index in [-0.39, 0.29) is 24.5 Å². The van der Waals surface area contributed by atoms with E-state index in [0.717, 1.165) is 16.9 Å². The Hall–Kier alpha value is -3.97. The van der Waals surface area contributed by atoms with Crippen LogP contribution >= 0.6 is 50.5 Å². The fourth-order valence-electron chi connectivity index (χ4n) is 4.78. The Bertz CT molecular complexity index is 2060. The lowest BCUT2D eigenvalue weighted by Gasteiger charge is -2.24. The summed E-state index contributed by atoms with van der Waals surface area (Å²) < 4.78 is 19.2. The number of nitrogens with zero attached hydrogens (tertiary/aromatic N) is 3. The highest BCUT2D eigenvalue weighted by atomic mass is 79.9. The minimum absolute atomic E-state index is 0.102. The summed E-state index contributed by atoms with van der Waals surface area (Å²) in [7, 11) is 1.51. The van der Waals surface area contributed by atoms with Gasteiger partial charge in [0.15, 0.2) is 16.3 Å². The third-order valence-electron chi connectivity index (χ3n) is 6.86. The van der Waals surface area contributed by atoms with Gasteiger partial charge in [-0.2, -0.15) is 0 Å². The predicted molar refractivity (Wildman–Crippen MR) is 175 cm³/mol. The van der Waals surface area contributed by atoms with Crippen molar-refractivity contribution < 1.29 is 23.9 Å². The van der Waals surface area contributed by atoms with Gasteiger partial charge < -0.3 is 14.2 Å². The number of aromatic nitrogens is 1. The van der Waals surface area contributed by atoms with Crippen LogP contribution in [0.1, 0.15) is 36.6 Å². The molecule has 0 bridgehead atoms. The van der Waals surface area contributed by atoms with Crippen molar-refractivity contribution in [2.75, 3.05) is 13.7 Å². The Morgan fingerprint density at radius 1 is 1.16 bits per heavy atom. The van der Waals surface area contributed by atoms with Crippen LogP contribution in [-0.2, 0) is 16.1 Å². The molecule has 1 aromatic heterocycles. The molecule has 0 radical (unpaired) electrons. The molecule has 0 amide bonds. The maximum Gasteiger partial charge on any atom is 0.338 e. The molecule has 0 N–H and O–H groups in total. The Morgan fingerprint density at radius 3 is 2.62 bits per heavy atom. The number of methoxy groups -OCH3 is 1. The van der Waals surface area contributed by atoms with Gasteiger partial charge >= 0.3 is 5.97 Å². The number of nitro groups is 1. The Kier molecular flexibility index (Phi) is 9.78. The molecule has 0 fully saturated rings. The van der Waals surface area contributed by atoms with Crippen LogP contribution in [0.2, 0.25) is 10.0 Å². The molecule has 0 unspecified atom stereocenters. The third kappa shape index (κ3) is 6.69. The highest BCUT2D eigenvalue weighted by Gasteiger charge is 2.34. The second-order valence-electron chi connectivity index (χ2n) is 9.72. The number of hydrogen-bond donors (Lipinski definition) is 0. The second kappa shape index (κ2) is 13.6. The van der Waals surface area contributed by atoms with E-state index >= 15 is 0 Å². The first kappa shape index (κ1) is 32.4. The predicted octanol–water partition coefficient (Wildman–Crippen LogP) is 6.36. The highest BCUT2D eigenvalue weighted by molar-refractivity contribution is 9.10. The van der Waals surface area contributed by atoms with Gasteiger partial charge in [-0.05, 0) is 60.9 Å². The summed E-state index contributed by atoms with van der Waals surface area (Å²) in [6.45, 7) is 3.62. The molecule has 0 spiro atoms. The number of hydrogen-bond acceptors (Lipinski definition) is 9. The van der Waals surface area contributed by atoms with E-state index < -0.39 is 22.5 Å². The molecule has 1 aliphatic heterocycles. The van der Waals surface area contributed by atoms with Crippen molar-refractivity contribution in [2.45, 2.75) is 26.5 Å². The maximum atomic E-state index is 14.0. The van der Waals surface area contributed by atoms with E-state index in [1.807, 2.05) is 0 Å². The summed E-state index contributed by atoms with van der Waals surface area (Å²) in [6, 6.07) is 13.5. The van der Waals surface area contributed by atoms with Crippen LogP contribution in [0.4, 0.5) is 5.69 Å². The number of ether oxygens (including phenoxy) is 3. The number of allylic oxidation sites excluding steroid dienone is 1. The summed E-state index contributed by atoms with van der Waals surface area (Å²) in [6.07, 6.45) is 1.67. The van der Waals surface area contributed by atoms with Gasteiger partial charge in [-0.15, -0.1) is 0 Å². The fraction of sp³-hybridized carbons (Fsp3) is 0.194. The van der Waals surface area contributed by atoms with E-state index in [0.29, 0.717) is 52.2 Å². The lowest BCUT2D eigenvalue weighted by atomic mass is 9.95. The number of carbonyl (C=O) groups is 1. The third-order valence-corrected chi connectivity index (χ3v) is 9.27. The standard InChI is InChI=1S/C31H24BrCl2N3O7S/c1-4-43-30(39)27-16(2)35-31-36(28(27)18-6-5-7-20(11-18)37(40)41)29(38)26(45-31)13-19-12-24(42-3)25(14-21(19)32)44-15-17-8-9-22(33)23(34)10-17/h5-14,28H,4,15H2,1-3H3/b26-13+/t28-/m1/s1. The average molecular weight is 733 g/mol. The number of non-ortho nitro benzene ring substituents is 1. The van der Waals surface area contributed by atoms with Crippen LogP contribution in [0.15, 0.2) is 80.1 Å². The molecule has 14 heteroatoms. The molecule has 5 rings (SSSR count). The van der Waals surface area contributed by atoms with Crippen LogP contribution in [0.5, 0.6) is 11.5 Å². The van der Waals surface area contributed by atoms with Gasteiger partial charge in [-0.3, -0.25) is 19.5 Å². The highest BCUT2D eigenvalue weighted by Crippen LogP contribution is 2.35. The zero-order valence-corrected chi connectivity index (χ0v) is 27.9. The number of rotatable bonds is 9. The molecule has 45 heavy (non-hydrogen) atoms. The molecule has 4 aromatic rings. The first-order chi connectivity index (χ1) is 21.5. The molecule has 1 atom stereocenters. The molecule has 3 aromatic carbocycles. The Balaban J connectivity index is 1.59. The summed E-state index contributed by atoms with van der Waals surface area (Å²) >= 11 is 16.8. The summed E-state index contributed by atoms with van der Waals surface area (Å²) in [4.78, 5) is 43.0. The largest absolute Gasteiger partial charge is 0.493 e. The van der Waals surface area contributed by atoms with Crippen molar-refractivity contribution >= 4 is 68.2 Å². The number of thiazole rings is 1. The van der Waals surface area contributed by atoms with E-state index in [4.69, 9.17) is 37.4 Å². The molecule has 1 aliphatic rings. The van der Waals surface area contributed by atoms with Gasteiger partial charge in [0.05, 0.1) is 50.5 Å². The number of halogens is 3. The van der Waals surface area contributed by atoms with Crippen LogP contribution in [-0.4, -0.2) is 29.2 Å². The monoisotopic (exact) mass is 731 g/mol. The number of nitro benzene ring substituents is 1. The average Bonchev–Trinajstić information content (AvgIpc) is 3.31. The molecular weight excluding hydrogens is 709 g/mol. The molecule has 10 nitrogen and oxygen atoms in total. The first-order valence-electron chi connectivity index (χ1n) is 13.4. The molecule has 232 valence electrons. The zero-order chi connectivity index (χ0) is 32.4. The van der Waals surface area contributed by atoms with E-state index in [9.17, 15) is 19.7 Å². The Labute approximate surface area is 279 Å². The second-order valence-corrected chi connectivity index (χ2v) is 12.4. The fourth-order valence-corrected chi connectivity index (χ4v) is 6.58. The molecule has 2 heterocycles. The molecule has 0 aliphatic carbocycles. The van der Waals surface area contributed by atoms with E-state index in [2.05, 4.69) is 20.9 Å². The lowest BCUT2D eigenvalue weighted by Crippen LogP contribution is -2.40. The van der Waals surface area contributed by atoms with Crippen molar-refractivity contribution in [3.63, 3.8) is 0 Å². The van der Waals surface area contributed by atoms with Crippen molar-refractivity contribution in [2.24, 2.45) is 4.99 Å². The lowest BCUT2D eigenvalue weighted by molar-refractivity contribution is -0.384. The molecule has 0 saturated heterocycles. The normalized spacial score (nSPS) is 14.5. The molecular formula is C31H24BrCl2N3O7S. The van der Waals surface area contributed by atoms with E-state index in [1.165, 1.54) is 29.9 Å². The number of benzene rings is 3. The maximum absolute atomic E-state index is 14.0. The summed E-state index contributed by atoms with van der Waals surface area (Å²) in [5, 5.41) is 12.4. The van der Waals surface area contributed by atoms with Crippen LogP contribution < -0.4 is 24.4 Å². The van der Waals surface area contributed by atoms with Crippen molar-refractivity contribution in [1.82, 2.24) is 4.57 Å². The zero-order valence-electron chi connectivity index (χ0n) is 24.0. The molecule has 0 saturated carbocycles. The quantitative estimate of drug-likeness (QED) is 0.112. The SMILES string of the molecule is CCOC(=O)C1=C(C)N=c2s/c(=C/c3cc(OC)c(OCc4ccc(Cl)c(Cl)c4)cc3Br)c(=O)n2[C@@H]1c1cccc([N+](=O)[O-])c1. The number of fused-ring (bicyclic) bond motifs is 1. The summed E-state index contributed by atoms with van der Waals surface area (Å²) in [5.41, 5.74) is 1.67. The minimum Gasteiger partial charge on any atom is -0.493 e. The number of carbonyl (C=O) groups excluding carboxylic acids is 1. The topological polar surface area (TPSA) is 122 Å². The van der Waals surface area contributed by atoms with Gasteiger partial charge in [-0.25, -0.2) is 9.79 Å². The first-order valence-corrected chi connectivity index (χ1v) is 15.8. The van der Waals surface area contributed by atoms with Crippen LogP contribution in [0.25, 0.3) is 6.08 Å². The van der Waals surface area contributed by atoms with Crippen molar-refractivity contribution in [1.29, 1.82) is 0 Å². The van der Waals surface area contributed by atoms with Crippen LogP contribution in [0.3, 0.4) is 0 Å². The van der Waals surface area contributed by atoms with Gasteiger partial charge in [0, 0.05) is 16.6 Å². The summed E-state index contributed by atoms with van der Waals surface area (Å²) in [5.74, 6) is 0.218. The van der Waals surface area contributed by atoms with Crippen molar-refractivity contribution in [3.05, 3.63) is 127 Å². The number of esters is 1. The van der Waals surface area contributed by atoms with Gasteiger partial charge in [-0.1, -0.05) is 68.7 Å². The van der Waals surface area contributed by atoms with Gasteiger partial charge in [0.2, 0.25) is 0 Å². The smallest absolute Gasteiger partial charge is 0.338 e. The van der Waals surface area contributed by atoms with E-state index in [1.54, 1.807) is 56.3 Å². The van der Waals surface area contributed by atoms with Gasteiger partial charge in [0.1, 0.15) is 6.61 Å². The Morgan fingerprint density at radius 2 is 1.93 bits per heavy atom. The van der Waals surface area contributed by atoms with Crippen molar-refractivity contribution in [3.8, 4) is 11.5 Å². The minimum atomic E-state index is -0.988.